The number of aliphatic hydroxyl groups is 1. The van der Waals surface area contributed by atoms with Gasteiger partial charge < -0.3 is 9.84 Å². The van der Waals surface area contributed by atoms with E-state index in [1.54, 1.807) is 12.1 Å². The van der Waals surface area contributed by atoms with Crippen LogP contribution in [0.15, 0.2) is 29.2 Å². The summed E-state index contributed by atoms with van der Waals surface area (Å²) in [5.74, 6) is 0. The lowest BCUT2D eigenvalue weighted by molar-refractivity contribution is 0.0354. The molecule has 1 aromatic carbocycles. The first-order chi connectivity index (χ1) is 10.0. The van der Waals surface area contributed by atoms with Gasteiger partial charge in [0.15, 0.2) is 0 Å². The molecule has 0 radical (unpaired) electrons. The Bertz CT molecular complexity index is 539. The molecule has 1 fully saturated rings. The Morgan fingerprint density at radius 1 is 1.29 bits per heavy atom. The SMILES string of the molecule is CC(CN1CCOCC1)NS(=O)(=O)c1ccc(CO)cc1. The molecule has 2 N–H and O–H groups in total. The van der Waals surface area contributed by atoms with Gasteiger partial charge in [0, 0.05) is 25.7 Å². The van der Waals surface area contributed by atoms with Crippen molar-refractivity contribution in [2.75, 3.05) is 32.8 Å². The second-order valence-corrected chi connectivity index (χ2v) is 6.95. The maximum absolute atomic E-state index is 12.3. The van der Waals surface area contributed by atoms with Crippen LogP contribution in [0.2, 0.25) is 0 Å². The zero-order valence-corrected chi connectivity index (χ0v) is 13.0. The lowest BCUT2D eigenvalue weighted by atomic mass is 10.2. The van der Waals surface area contributed by atoms with E-state index >= 15 is 0 Å². The maximum atomic E-state index is 12.3. The number of rotatable bonds is 6. The van der Waals surface area contributed by atoms with Gasteiger partial charge >= 0.3 is 0 Å². The number of hydrogen-bond acceptors (Lipinski definition) is 5. The molecule has 1 aliphatic rings. The third-order valence-electron chi connectivity index (χ3n) is 3.41. The molecule has 7 heteroatoms. The molecule has 1 atom stereocenters. The van der Waals surface area contributed by atoms with Crippen molar-refractivity contribution in [3.63, 3.8) is 0 Å². The van der Waals surface area contributed by atoms with Crippen molar-refractivity contribution < 1.29 is 18.3 Å². The van der Waals surface area contributed by atoms with E-state index in [1.807, 2.05) is 6.92 Å². The summed E-state index contributed by atoms with van der Waals surface area (Å²) in [7, 11) is -3.52. The summed E-state index contributed by atoms with van der Waals surface area (Å²) < 4.78 is 32.5. The van der Waals surface area contributed by atoms with Crippen LogP contribution in [-0.4, -0.2) is 57.3 Å². The molecule has 0 aliphatic carbocycles. The highest BCUT2D eigenvalue weighted by Crippen LogP contribution is 2.11. The van der Waals surface area contributed by atoms with Crippen molar-refractivity contribution in [2.45, 2.75) is 24.5 Å². The van der Waals surface area contributed by atoms with Crippen LogP contribution in [-0.2, 0) is 21.4 Å². The van der Waals surface area contributed by atoms with Crippen molar-refractivity contribution in [1.82, 2.24) is 9.62 Å². The van der Waals surface area contributed by atoms with Gasteiger partial charge in [0.25, 0.3) is 0 Å². The summed E-state index contributed by atoms with van der Waals surface area (Å²) in [6, 6.07) is 6.07. The predicted molar refractivity (Wildman–Crippen MR) is 79.4 cm³/mol. The molecule has 0 aromatic heterocycles. The molecule has 0 saturated carbocycles. The van der Waals surface area contributed by atoms with E-state index in [9.17, 15) is 8.42 Å². The maximum Gasteiger partial charge on any atom is 0.240 e. The summed E-state index contributed by atoms with van der Waals surface area (Å²) in [4.78, 5) is 2.40. The average Bonchev–Trinajstić information content (AvgIpc) is 2.47. The summed E-state index contributed by atoms with van der Waals surface area (Å²) in [6.07, 6.45) is 0. The lowest BCUT2D eigenvalue weighted by Gasteiger charge is -2.29. The Hall–Kier alpha value is -0.990. The van der Waals surface area contributed by atoms with Gasteiger partial charge in [-0.15, -0.1) is 0 Å². The minimum absolute atomic E-state index is 0.0960. The van der Waals surface area contributed by atoms with Crippen LogP contribution >= 0.6 is 0 Å². The summed E-state index contributed by atoms with van der Waals surface area (Å²) in [6.45, 7) is 5.48. The quantitative estimate of drug-likeness (QED) is 0.783. The van der Waals surface area contributed by atoms with Gasteiger partial charge in [0.05, 0.1) is 24.7 Å². The standard InChI is InChI=1S/C14H22N2O4S/c1-12(10-16-6-8-20-9-7-16)15-21(18,19)14-4-2-13(11-17)3-5-14/h2-5,12,15,17H,6-11H2,1H3. The third kappa shape index (κ3) is 4.76. The molecule has 1 aromatic rings. The van der Waals surface area contributed by atoms with E-state index in [0.29, 0.717) is 25.3 Å². The molecule has 0 amide bonds. The number of hydrogen-bond donors (Lipinski definition) is 2. The van der Waals surface area contributed by atoms with Crippen molar-refractivity contribution >= 4 is 10.0 Å². The first-order valence-electron chi connectivity index (χ1n) is 7.03. The van der Waals surface area contributed by atoms with Crippen LogP contribution in [0.25, 0.3) is 0 Å². The van der Waals surface area contributed by atoms with E-state index in [4.69, 9.17) is 9.84 Å². The highest BCUT2D eigenvalue weighted by atomic mass is 32.2. The second kappa shape index (κ2) is 7.33. The van der Waals surface area contributed by atoms with Gasteiger partial charge in [-0.2, -0.15) is 0 Å². The van der Waals surface area contributed by atoms with Gasteiger partial charge in [-0.1, -0.05) is 12.1 Å². The highest BCUT2D eigenvalue weighted by molar-refractivity contribution is 7.89. The number of morpholine rings is 1. The van der Waals surface area contributed by atoms with E-state index in [-0.39, 0.29) is 17.5 Å². The molecule has 1 aliphatic heterocycles. The molecule has 6 nitrogen and oxygen atoms in total. The summed E-state index contributed by atoms with van der Waals surface area (Å²) in [5, 5.41) is 8.98. The van der Waals surface area contributed by atoms with Crippen LogP contribution in [0, 0.1) is 0 Å². The number of nitrogens with one attached hydrogen (secondary N) is 1. The van der Waals surface area contributed by atoms with Gasteiger partial charge in [0.1, 0.15) is 0 Å². The van der Waals surface area contributed by atoms with E-state index in [2.05, 4.69) is 9.62 Å². The first kappa shape index (κ1) is 16.4. The molecular formula is C14H22N2O4S. The normalized spacial score (nSPS) is 18.6. The average molecular weight is 314 g/mol. The van der Waals surface area contributed by atoms with E-state index in [1.165, 1.54) is 12.1 Å². The Labute approximate surface area is 125 Å². The minimum Gasteiger partial charge on any atom is -0.392 e. The van der Waals surface area contributed by atoms with Crippen molar-refractivity contribution in [3.05, 3.63) is 29.8 Å². The van der Waals surface area contributed by atoms with E-state index in [0.717, 1.165) is 13.1 Å². The number of nitrogens with zero attached hydrogens (tertiary/aromatic N) is 1. The Kier molecular flexibility index (Phi) is 5.72. The number of ether oxygens (including phenoxy) is 1. The zero-order valence-electron chi connectivity index (χ0n) is 12.2. The number of aliphatic hydroxyl groups excluding tert-OH is 1. The van der Waals surface area contributed by atoms with Crippen LogP contribution in [0.1, 0.15) is 12.5 Å². The minimum atomic E-state index is -3.52. The van der Waals surface area contributed by atoms with Crippen molar-refractivity contribution in [2.24, 2.45) is 0 Å². The highest BCUT2D eigenvalue weighted by Gasteiger charge is 2.20. The van der Waals surface area contributed by atoms with Gasteiger partial charge in [0.2, 0.25) is 10.0 Å². The van der Waals surface area contributed by atoms with Crippen LogP contribution < -0.4 is 4.72 Å². The third-order valence-corrected chi connectivity index (χ3v) is 5.01. The molecule has 118 valence electrons. The van der Waals surface area contributed by atoms with Crippen molar-refractivity contribution in [1.29, 1.82) is 0 Å². The van der Waals surface area contributed by atoms with Gasteiger partial charge in [-0.25, -0.2) is 13.1 Å². The van der Waals surface area contributed by atoms with Gasteiger partial charge in [-0.3, -0.25) is 4.90 Å². The van der Waals surface area contributed by atoms with Crippen molar-refractivity contribution in [3.8, 4) is 0 Å². The zero-order chi connectivity index (χ0) is 15.3. The largest absolute Gasteiger partial charge is 0.392 e. The van der Waals surface area contributed by atoms with Crippen LogP contribution in [0.4, 0.5) is 0 Å². The topological polar surface area (TPSA) is 78.9 Å². The summed E-state index contributed by atoms with van der Waals surface area (Å²) >= 11 is 0. The summed E-state index contributed by atoms with van der Waals surface area (Å²) in [5.41, 5.74) is 0.690. The monoisotopic (exact) mass is 314 g/mol. The molecule has 1 saturated heterocycles. The molecule has 1 heterocycles. The predicted octanol–water partition coefficient (Wildman–Crippen LogP) is 0.178. The fourth-order valence-electron chi connectivity index (χ4n) is 2.32. The molecule has 1 unspecified atom stereocenters. The smallest absolute Gasteiger partial charge is 0.240 e. The number of sulfonamides is 1. The number of benzene rings is 1. The Balaban J connectivity index is 1.95. The molecule has 21 heavy (non-hydrogen) atoms. The molecule has 2 rings (SSSR count). The first-order valence-corrected chi connectivity index (χ1v) is 8.52. The second-order valence-electron chi connectivity index (χ2n) is 5.24. The molecular weight excluding hydrogens is 292 g/mol. The fraction of sp³-hybridized carbons (Fsp3) is 0.571. The molecule has 0 spiro atoms. The Morgan fingerprint density at radius 2 is 1.90 bits per heavy atom. The fourth-order valence-corrected chi connectivity index (χ4v) is 3.55. The van der Waals surface area contributed by atoms with Crippen LogP contribution in [0.5, 0.6) is 0 Å². The van der Waals surface area contributed by atoms with Crippen LogP contribution in [0.3, 0.4) is 0 Å². The Morgan fingerprint density at radius 3 is 2.48 bits per heavy atom. The van der Waals surface area contributed by atoms with Gasteiger partial charge in [-0.05, 0) is 24.6 Å². The lowest BCUT2D eigenvalue weighted by Crippen LogP contribution is -2.45. The molecule has 0 bridgehead atoms. The van der Waals surface area contributed by atoms with E-state index < -0.39 is 10.0 Å².